The number of methoxy groups -OCH3 is 2. The molecule has 0 aliphatic carbocycles. The van der Waals surface area contributed by atoms with Gasteiger partial charge >= 0.3 is 0 Å². The lowest BCUT2D eigenvalue weighted by Gasteiger charge is -2.16. The van der Waals surface area contributed by atoms with Gasteiger partial charge in [-0.1, -0.05) is 17.7 Å². The van der Waals surface area contributed by atoms with E-state index in [4.69, 9.17) is 9.47 Å². The predicted octanol–water partition coefficient (Wildman–Crippen LogP) is 5.21. The highest BCUT2D eigenvalue weighted by atomic mass is 16.5. The number of nitrogens with one attached hydrogen (secondary N) is 2. The molecule has 0 aliphatic heterocycles. The van der Waals surface area contributed by atoms with Crippen LogP contribution in [-0.4, -0.2) is 24.2 Å². The highest BCUT2D eigenvalue weighted by molar-refractivity contribution is 5.70. The Morgan fingerprint density at radius 3 is 2.00 bits per heavy atom. The number of ether oxygens (including phenoxy) is 2. The summed E-state index contributed by atoms with van der Waals surface area (Å²) >= 11 is 0. The maximum atomic E-state index is 5.44. The second kappa shape index (κ2) is 8.17. The third kappa shape index (κ3) is 4.34. The summed E-state index contributed by atoms with van der Waals surface area (Å²) in [5, 5.41) is 6.75. The Labute approximate surface area is 166 Å². The molecule has 0 amide bonds. The van der Waals surface area contributed by atoms with Crippen LogP contribution in [0.4, 0.5) is 23.0 Å². The van der Waals surface area contributed by atoms with Crippen molar-refractivity contribution in [2.45, 2.75) is 27.7 Å². The summed E-state index contributed by atoms with van der Waals surface area (Å²) in [6.45, 7) is 8.16. The van der Waals surface area contributed by atoms with E-state index in [1.807, 2.05) is 31.2 Å². The summed E-state index contributed by atoms with van der Waals surface area (Å²) in [6.07, 6.45) is 0. The van der Waals surface area contributed by atoms with Gasteiger partial charge in [-0.2, -0.15) is 0 Å². The smallest absolute Gasteiger partial charge is 0.142 e. The Bertz CT molecular complexity index is 979. The van der Waals surface area contributed by atoms with E-state index in [0.717, 1.165) is 22.9 Å². The van der Waals surface area contributed by atoms with Crippen LogP contribution in [0.25, 0.3) is 0 Å². The maximum Gasteiger partial charge on any atom is 0.142 e. The Morgan fingerprint density at radius 1 is 0.750 bits per heavy atom. The molecule has 1 heterocycles. The molecule has 0 bridgehead atoms. The standard InChI is InChI=1S/C22H26N4O2/c1-13-9-14(2)22(15(3)10-13)26-21-12-20(23-16(4)24-21)25-18-11-17(27-5)7-8-19(18)28-6/h7-12H,1-6H3,(H2,23,24,25,26). The van der Waals surface area contributed by atoms with Crippen molar-refractivity contribution in [3.63, 3.8) is 0 Å². The number of hydrogen-bond acceptors (Lipinski definition) is 6. The second-order valence-corrected chi connectivity index (χ2v) is 6.78. The molecular formula is C22H26N4O2. The zero-order chi connectivity index (χ0) is 20.3. The van der Waals surface area contributed by atoms with E-state index in [1.165, 1.54) is 16.7 Å². The summed E-state index contributed by atoms with van der Waals surface area (Å²) in [4.78, 5) is 9.04. The van der Waals surface area contributed by atoms with Crippen molar-refractivity contribution in [1.29, 1.82) is 0 Å². The van der Waals surface area contributed by atoms with E-state index in [2.05, 4.69) is 53.5 Å². The third-order valence-corrected chi connectivity index (χ3v) is 4.44. The highest BCUT2D eigenvalue weighted by Gasteiger charge is 2.10. The summed E-state index contributed by atoms with van der Waals surface area (Å²) in [7, 11) is 3.27. The summed E-state index contributed by atoms with van der Waals surface area (Å²) in [5.41, 5.74) is 5.43. The minimum atomic E-state index is 0.664. The number of aromatic nitrogens is 2. The molecule has 1 aromatic heterocycles. The van der Waals surface area contributed by atoms with Gasteiger partial charge in [0.1, 0.15) is 29.0 Å². The van der Waals surface area contributed by atoms with Gasteiger partial charge in [0.05, 0.1) is 19.9 Å². The van der Waals surface area contributed by atoms with Crippen molar-refractivity contribution in [2.24, 2.45) is 0 Å². The van der Waals surface area contributed by atoms with Crippen molar-refractivity contribution in [3.8, 4) is 11.5 Å². The van der Waals surface area contributed by atoms with Gasteiger partial charge < -0.3 is 20.1 Å². The molecule has 0 unspecified atom stereocenters. The van der Waals surface area contributed by atoms with Crippen LogP contribution in [0.3, 0.4) is 0 Å². The molecule has 6 nitrogen and oxygen atoms in total. The van der Waals surface area contributed by atoms with Gasteiger partial charge in [-0.15, -0.1) is 0 Å². The van der Waals surface area contributed by atoms with Crippen molar-refractivity contribution < 1.29 is 9.47 Å². The third-order valence-electron chi connectivity index (χ3n) is 4.44. The zero-order valence-electron chi connectivity index (χ0n) is 17.2. The number of nitrogens with zero attached hydrogens (tertiary/aromatic N) is 2. The molecule has 0 atom stereocenters. The van der Waals surface area contributed by atoms with E-state index in [-0.39, 0.29) is 0 Å². The molecule has 3 rings (SSSR count). The molecule has 2 N–H and O–H groups in total. The minimum Gasteiger partial charge on any atom is -0.497 e. The number of anilines is 4. The summed E-state index contributed by atoms with van der Waals surface area (Å²) < 4.78 is 10.8. The topological polar surface area (TPSA) is 68.3 Å². The van der Waals surface area contributed by atoms with Gasteiger partial charge in [-0.3, -0.25) is 0 Å². The fraction of sp³-hybridized carbons (Fsp3) is 0.273. The van der Waals surface area contributed by atoms with Gasteiger partial charge in [0.15, 0.2) is 0 Å². The Morgan fingerprint density at radius 2 is 1.39 bits per heavy atom. The highest BCUT2D eigenvalue weighted by Crippen LogP contribution is 2.32. The molecule has 146 valence electrons. The van der Waals surface area contributed by atoms with Crippen LogP contribution in [0.1, 0.15) is 22.5 Å². The zero-order valence-corrected chi connectivity index (χ0v) is 17.2. The molecule has 3 aromatic rings. The van der Waals surface area contributed by atoms with Gasteiger partial charge in [0.25, 0.3) is 0 Å². The molecule has 0 radical (unpaired) electrons. The largest absolute Gasteiger partial charge is 0.497 e. The number of aryl methyl sites for hydroxylation is 4. The Balaban J connectivity index is 1.93. The van der Waals surface area contributed by atoms with E-state index >= 15 is 0 Å². The lowest BCUT2D eigenvalue weighted by atomic mass is 10.1. The first kappa shape index (κ1) is 19.5. The van der Waals surface area contributed by atoms with Gasteiger partial charge in [0, 0.05) is 17.8 Å². The lowest BCUT2D eigenvalue weighted by molar-refractivity contribution is 0.405. The molecule has 6 heteroatoms. The monoisotopic (exact) mass is 378 g/mol. The van der Waals surface area contributed by atoms with E-state index in [1.54, 1.807) is 14.2 Å². The number of hydrogen-bond donors (Lipinski definition) is 2. The van der Waals surface area contributed by atoms with Crippen molar-refractivity contribution in [3.05, 3.63) is 58.9 Å². The summed E-state index contributed by atoms with van der Waals surface area (Å²) in [6, 6.07) is 11.8. The van der Waals surface area contributed by atoms with Crippen LogP contribution < -0.4 is 20.1 Å². The molecule has 0 spiro atoms. The van der Waals surface area contributed by atoms with Gasteiger partial charge in [0.2, 0.25) is 0 Å². The van der Waals surface area contributed by atoms with Gasteiger partial charge in [-0.25, -0.2) is 9.97 Å². The fourth-order valence-corrected chi connectivity index (χ4v) is 3.25. The number of rotatable bonds is 6. The van der Waals surface area contributed by atoms with E-state index in [9.17, 15) is 0 Å². The van der Waals surface area contributed by atoms with Crippen LogP contribution >= 0.6 is 0 Å². The molecular weight excluding hydrogens is 352 g/mol. The average Bonchev–Trinajstić information content (AvgIpc) is 2.64. The normalized spacial score (nSPS) is 10.5. The molecule has 2 aromatic carbocycles. The van der Waals surface area contributed by atoms with Crippen molar-refractivity contribution in [1.82, 2.24) is 9.97 Å². The molecule has 0 aliphatic rings. The van der Waals surface area contributed by atoms with E-state index in [0.29, 0.717) is 17.4 Å². The minimum absolute atomic E-state index is 0.664. The molecule has 0 saturated heterocycles. The summed E-state index contributed by atoms with van der Waals surface area (Å²) in [5.74, 6) is 3.50. The van der Waals surface area contributed by atoms with Gasteiger partial charge in [-0.05, 0) is 51.0 Å². The van der Waals surface area contributed by atoms with Crippen molar-refractivity contribution >= 4 is 23.0 Å². The predicted molar refractivity (Wildman–Crippen MR) is 114 cm³/mol. The van der Waals surface area contributed by atoms with E-state index < -0.39 is 0 Å². The molecule has 28 heavy (non-hydrogen) atoms. The molecule has 0 fully saturated rings. The van der Waals surface area contributed by atoms with Crippen LogP contribution in [0, 0.1) is 27.7 Å². The Kier molecular flexibility index (Phi) is 5.68. The van der Waals surface area contributed by atoms with Crippen LogP contribution in [-0.2, 0) is 0 Å². The average molecular weight is 378 g/mol. The Hall–Kier alpha value is -3.28. The molecule has 0 saturated carbocycles. The lowest BCUT2D eigenvalue weighted by Crippen LogP contribution is -2.04. The van der Waals surface area contributed by atoms with Crippen LogP contribution in [0.2, 0.25) is 0 Å². The quantitative estimate of drug-likeness (QED) is 0.613. The fourth-order valence-electron chi connectivity index (χ4n) is 3.25. The first-order valence-corrected chi connectivity index (χ1v) is 9.09. The van der Waals surface area contributed by atoms with Crippen LogP contribution in [0.5, 0.6) is 11.5 Å². The maximum absolute atomic E-state index is 5.44. The second-order valence-electron chi connectivity index (χ2n) is 6.78. The first-order chi connectivity index (χ1) is 13.4. The number of benzene rings is 2. The van der Waals surface area contributed by atoms with Crippen LogP contribution in [0.15, 0.2) is 36.4 Å². The first-order valence-electron chi connectivity index (χ1n) is 9.09. The SMILES string of the molecule is COc1ccc(OC)c(Nc2cc(Nc3c(C)cc(C)cc3C)nc(C)n2)c1. The van der Waals surface area contributed by atoms with Crippen molar-refractivity contribution in [2.75, 3.05) is 24.9 Å².